The Morgan fingerprint density at radius 1 is 1.30 bits per heavy atom. The highest BCUT2D eigenvalue weighted by molar-refractivity contribution is 5.65. The third kappa shape index (κ3) is 26.0. The third-order valence-electron chi connectivity index (χ3n) is 0.509. The summed E-state index contributed by atoms with van der Waals surface area (Å²) >= 11 is 0. The van der Waals surface area contributed by atoms with Crippen LogP contribution in [0.25, 0.3) is 0 Å². The molecule has 0 saturated heterocycles. The Balaban J connectivity index is 0. The Hall–Kier alpha value is -0.530. The lowest BCUT2D eigenvalue weighted by Gasteiger charge is -1.93. The van der Waals surface area contributed by atoms with Crippen molar-refractivity contribution in [2.24, 2.45) is 0 Å². The van der Waals surface area contributed by atoms with Crippen LogP contribution in [0.5, 0.6) is 0 Å². The highest BCUT2D eigenvalue weighted by Crippen LogP contribution is 1.78. The van der Waals surface area contributed by atoms with Crippen molar-refractivity contribution in [2.45, 2.75) is 40.5 Å². The fourth-order valence-electron chi connectivity index (χ4n) is 0.246. The van der Waals surface area contributed by atoms with Crippen LogP contribution in [0.1, 0.15) is 40.5 Å². The van der Waals surface area contributed by atoms with E-state index in [-0.39, 0.29) is 5.97 Å². The lowest BCUT2D eigenvalue weighted by molar-refractivity contribution is -0.140. The van der Waals surface area contributed by atoms with Crippen molar-refractivity contribution in [3.8, 4) is 0 Å². The molecule has 62 valence electrons. The van der Waals surface area contributed by atoms with Gasteiger partial charge in [0.2, 0.25) is 0 Å². The smallest absolute Gasteiger partial charge is 0.302 e. The van der Waals surface area contributed by atoms with Gasteiger partial charge in [-0.15, -0.1) is 0 Å². The molecule has 0 aliphatic rings. The van der Waals surface area contributed by atoms with E-state index in [0.717, 1.165) is 6.42 Å². The van der Waals surface area contributed by atoms with Crippen LogP contribution in [-0.2, 0) is 9.53 Å². The Morgan fingerprint density at radius 3 is 1.80 bits per heavy atom. The zero-order valence-electron chi connectivity index (χ0n) is 7.44. The minimum absolute atomic E-state index is 0.193. The van der Waals surface area contributed by atoms with Crippen LogP contribution < -0.4 is 0 Å². The van der Waals surface area contributed by atoms with Gasteiger partial charge in [-0.1, -0.05) is 27.2 Å². The summed E-state index contributed by atoms with van der Waals surface area (Å²) < 4.78 is 4.55. The highest BCUT2D eigenvalue weighted by atomic mass is 16.5. The van der Waals surface area contributed by atoms with Crippen molar-refractivity contribution in [1.82, 2.24) is 0 Å². The molecule has 0 amide bonds. The molecule has 0 saturated carbocycles. The summed E-state index contributed by atoms with van der Waals surface area (Å²) in [5, 5.41) is 0. The van der Waals surface area contributed by atoms with Crippen molar-refractivity contribution in [3.05, 3.63) is 0 Å². The first-order valence-electron chi connectivity index (χ1n) is 3.82. The number of hydrogen-bond acceptors (Lipinski definition) is 2. The van der Waals surface area contributed by atoms with E-state index in [0.29, 0.717) is 6.61 Å². The molecule has 0 aliphatic heterocycles. The number of esters is 1. The molecule has 0 aliphatic carbocycles. The molecule has 0 spiro atoms. The van der Waals surface area contributed by atoms with Crippen molar-refractivity contribution in [1.29, 1.82) is 0 Å². The molecule has 2 heteroatoms. The van der Waals surface area contributed by atoms with E-state index in [4.69, 9.17) is 0 Å². The van der Waals surface area contributed by atoms with Gasteiger partial charge < -0.3 is 4.74 Å². The SMILES string of the molecule is CCC.CCCOC(C)=O. The van der Waals surface area contributed by atoms with Crippen LogP contribution >= 0.6 is 0 Å². The van der Waals surface area contributed by atoms with Crippen LogP contribution in [0.4, 0.5) is 0 Å². The average Bonchev–Trinajstić information content (AvgIpc) is 1.85. The molecular weight excluding hydrogens is 128 g/mol. The topological polar surface area (TPSA) is 26.3 Å². The van der Waals surface area contributed by atoms with E-state index in [1.54, 1.807) is 0 Å². The van der Waals surface area contributed by atoms with E-state index in [1.165, 1.54) is 13.3 Å². The maximum atomic E-state index is 9.98. The van der Waals surface area contributed by atoms with Gasteiger partial charge in [-0.05, 0) is 6.42 Å². The average molecular weight is 146 g/mol. The van der Waals surface area contributed by atoms with Crippen molar-refractivity contribution in [3.63, 3.8) is 0 Å². The Morgan fingerprint density at radius 2 is 1.70 bits per heavy atom. The first-order chi connectivity index (χ1) is 4.68. The monoisotopic (exact) mass is 146 g/mol. The summed E-state index contributed by atoms with van der Waals surface area (Å²) in [4.78, 5) is 9.98. The maximum absolute atomic E-state index is 9.98. The van der Waals surface area contributed by atoms with Crippen LogP contribution in [0, 0.1) is 0 Å². The first kappa shape index (κ1) is 12.2. The Bertz CT molecular complexity index is 69.7. The summed E-state index contributed by atoms with van der Waals surface area (Å²) in [5.41, 5.74) is 0. The van der Waals surface area contributed by atoms with Crippen molar-refractivity contribution >= 4 is 5.97 Å². The number of ether oxygens (including phenoxy) is 1. The molecule has 10 heavy (non-hydrogen) atoms. The molecule has 0 aromatic heterocycles. The largest absolute Gasteiger partial charge is 0.466 e. The molecule has 2 nitrogen and oxygen atoms in total. The summed E-state index contributed by atoms with van der Waals surface area (Å²) in [6.07, 6.45) is 2.15. The third-order valence-corrected chi connectivity index (χ3v) is 0.509. The predicted octanol–water partition coefficient (Wildman–Crippen LogP) is 2.38. The molecule has 0 rings (SSSR count). The molecule has 0 aromatic carbocycles. The van der Waals surface area contributed by atoms with Gasteiger partial charge in [0.1, 0.15) is 0 Å². The Labute approximate surface area is 63.6 Å². The molecule has 0 unspecified atom stereocenters. The lowest BCUT2D eigenvalue weighted by Crippen LogP contribution is -1.98. The maximum Gasteiger partial charge on any atom is 0.302 e. The van der Waals surface area contributed by atoms with Gasteiger partial charge in [0.15, 0.2) is 0 Å². The van der Waals surface area contributed by atoms with E-state index < -0.39 is 0 Å². The fraction of sp³-hybridized carbons (Fsp3) is 0.875. The van der Waals surface area contributed by atoms with E-state index in [2.05, 4.69) is 18.6 Å². The molecular formula is C8H18O2. The van der Waals surface area contributed by atoms with E-state index in [9.17, 15) is 4.79 Å². The molecule has 0 N–H and O–H groups in total. The normalized spacial score (nSPS) is 7.60. The van der Waals surface area contributed by atoms with Gasteiger partial charge in [-0.3, -0.25) is 4.79 Å². The second kappa shape index (κ2) is 11.3. The number of rotatable bonds is 2. The highest BCUT2D eigenvalue weighted by Gasteiger charge is 1.85. The van der Waals surface area contributed by atoms with Gasteiger partial charge in [-0.2, -0.15) is 0 Å². The van der Waals surface area contributed by atoms with Crippen LogP contribution in [0.15, 0.2) is 0 Å². The second-order valence-electron chi connectivity index (χ2n) is 2.05. The summed E-state index contributed by atoms with van der Waals surface area (Å²) in [5.74, 6) is -0.193. The number of carbonyl (C=O) groups excluding carboxylic acids is 1. The minimum Gasteiger partial charge on any atom is -0.466 e. The minimum atomic E-state index is -0.193. The first-order valence-corrected chi connectivity index (χ1v) is 3.82. The summed E-state index contributed by atoms with van der Waals surface area (Å²) in [6, 6.07) is 0. The summed E-state index contributed by atoms with van der Waals surface area (Å²) in [6.45, 7) is 8.17. The summed E-state index contributed by atoms with van der Waals surface area (Å²) in [7, 11) is 0. The van der Waals surface area contributed by atoms with Gasteiger partial charge in [-0.25, -0.2) is 0 Å². The predicted molar refractivity (Wildman–Crippen MR) is 42.9 cm³/mol. The molecule has 0 radical (unpaired) electrons. The molecule has 0 fully saturated rings. The van der Waals surface area contributed by atoms with Gasteiger partial charge >= 0.3 is 5.97 Å². The zero-order valence-corrected chi connectivity index (χ0v) is 7.44. The van der Waals surface area contributed by atoms with E-state index in [1.807, 2.05) is 6.92 Å². The van der Waals surface area contributed by atoms with Gasteiger partial charge in [0.05, 0.1) is 6.61 Å². The molecule has 0 atom stereocenters. The second-order valence-corrected chi connectivity index (χ2v) is 2.05. The van der Waals surface area contributed by atoms with E-state index >= 15 is 0 Å². The van der Waals surface area contributed by atoms with Crippen LogP contribution in [0.2, 0.25) is 0 Å². The lowest BCUT2D eigenvalue weighted by atomic mass is 10.5. The quantitative estimate of drug-likeness (QED) is 0.559. The molecule has 0 bridgehead atoms. The number of carbonyl (C=O) groups is 1. The fourth-order valence-corrected chi connectivity index (χ4v) is 0.246. The van der Waals surface area contributed by atoms with Gasteiger partial charge in [0.25, 0.3) is 0 Å². The molecule has 0 heterocycles. The Kier molecular flexibility index (Phi) is 13.7. The van der Waals surface area contributed by atoms with Crippen molar-refractivity contribution in [2.75, 3.05) is 6.61 Å². The van der Waals surface area contributed by atoms with Crippen LogP contribution in [0.3, 0.4) is 0 Å². The van der Waals surface area contributed by atoms with Crippen molar-refractivity contribution < 1.29 is 9.53 Å². The zero-order chi connectivity index (χ0) is 8.41. The molecule has 0 aromatic rings. The van der Waals surface area contributed by atoms with Crippen LogP contribution in [-0.4, -0.2) is 12.6 Å². The number of hydrogen-bond donors (Lipinski definition) is 0. The van der Waals surface area contributed by atoms with Gasteiger partial charge in [0, 0.05) is 6.92 Å². The standard InChI is InChI=1S/C5H10O2.C3H8/c1-3-4-7-5(2)6;1-3-2/h3-4H2,1-2H3;3H2,1-2H3.